The minimum Gasteiger partial charge on any atom is -0.481 e. The van der Waals surface area contributed by atoms with Crippen LogP contribution in [0.25, 0.3) is 11.1 Å². The lowest BCUT2D eigenvalue weighted by atomic mass is 9.97. The van der Waals surface area contributed by atoms with Gasteiger partial charge in [0.15, 0.2) is 0 Å². The van der Waals surface area contributed by atoms with Crippen LogP contribution in [-0.4, -0.2) is 11.1 Å². The normalized spacial score (nSPS) is 10.5. The highest BCUT2D eigenvalue weighted by atomic mass is 35.5. The Morgan fingerprint density at radius 1 is 1.11 bits per heavy atom. The summed E-state index contributed by atoms with van der Waals surface area (Å²) >= 11 is 11.8. The van der Waals surface area contributed by atoms with Gasteiger partial charge in [-0.3, -0.25) is 4.79 Å². The average Bonchev–Trinajstić information content (AvgIpc) is 2.29. The van der Waals surface area contributed by atoms with Gasteiger partial charge >= 0.3 is 5.97 Å². The number of hydrogen-bond donors (Lipinski definition) is 1. The molecule has 5 heteroatoms. The second kappa shape index (κ2) is 5.59. The highest BCUT2D eigenvalue weighted by Crippen LogP contribution is 2.30. The molecule has 2 nitrogen and oxygen atoms in total. The van der Waals surface area contributed by atoms with Crippen LogP contribution in [0, 0.1) is 5.82 Å². The molecule has 0 atom stereocenters. The van der Waals surface area contributed by atoms with Crippen LogP contribution in [-0.2, 0) is 11.2 Å². The number of benzene rings is 2. The lowest BCUT2D eigenvalue weighted by molar-refractivity contribution is -0.136. The van der Waals surface area contributed by atoms with Crippen molar-refractivity contribution in [2.75, 3.05) is 0 Å². The van der Waals surface area contributed by atoms with E-state index in [4.69, 9.17) is 28.3 Å². The van der Waals surface area contributed by atoms with Crippen LogP contribution >= 0.6 is 23.2 Å². The van der Waals surface area contributed by atoms with E-state index < -0.39 is 11.8 Å². The maximum Gasteiger partial charge on any atom is 0.307 e. The molecular weight excluding hydrogens is 290 g/mol. The summed E-state index contributed by atoms with van der Waals surface area (Å²) in [6, 6.07) is 8.76. The Morgan fingerprint density at radius 3 is 2.32 bits per heavy atom. The van der Waals surface area contributed by atoms with Gasteiger partial charge in [-0.05, 0) is 47.0 Å². The molecule has 0 fully saturated rings. The van der Waals surface area contributed by atoms with Crippen molar-refractivity contribution in [1.29, 1.82) is 0 Å². The minimum absolute atomic E-state index is 0.195. The third kappa shape index (κ3) is 3.46. The van der Waals surface area contributed by atoms with Gasteiger partial charge in [0.25, 0.3) is 0 Å². The van der Waals surface area contributed by atoms with E-state index in [-0.39, 0.29) is 6.42 Å². The zero-order valence-electron chi connectivity index (χ0n) is 9.66. The molecule has 2 rings (SSSR count). The van der Waals surface area contributed by atoms with Crippen LogP contribution in [0.2, 0.25) is 10.0 Å². The maximum absolute atomic E-state index is 13.4. The van der Waals surface area contributed by atoms with Gasteiger partial charge in [0.1, 0.15) is 5.82 Å². The van der Waals surface area contributed by atoms with Crippen LogP contribution in [0.5, 0.6) is 0 Å². The van der Waals surface area contributed by atoms with Crippen molar-refractivity contribution in [3.63, 3.8) is 0 Å². The standard InChI is InChI=1S/C14H9Cl2FO2/c15-10-3-9(4-11(16)6-10)13-7-12(17)2-1-8(13)5-14(18)19/h1-4,6-7H,5H2,(H,18,19). The fourth-order valence-corrected chi connectivity index (χ4v) is 2.37. The van der Waals surface area contributed by atoms with Gasteiger partial charge in [0.2, 0.25) is 0 Å². The Labute approximate surface area is 119 Å². The third-order valence-corrected chi connectivity index (χ3v) is 3.02. The van der Waals surface area contributed by atoms with Crippen molar-refractivity contribution in [3.8, 4) is 11.1 Å². The summed E-state index contributed by atoms with van der Waals surface area (Å²) in [7, 11) is 0. The largest absolute Gasteiger partial charge is 0.481 e. The molecule has 19 heavy (non-hydrogen) atoms. The van der Waals surface area contributed by atoms with Crippen LogP contribution in [0.1, 0.15) is 5.56 Å². The van der Waals surface area contributed by atoms with E-state index in [1.807, 2.05) is 0 Å². The molecule has 0 bridgehead atoms. The summed E-state index contributed by atoms with van der Waals surface area (Å²) in [5, 5.41) is 9.69. The van der Waals surface area contributed by atoms with E-state index in [0.717, 1.165) is 0 Å². The van der Waals surface area contributed by atoms with Crippen molar-refractivity contribution in [1.82, 2.24) is 0 Å². The summed E-state index contributed by atoms with van der Waals surface area (Å²) in [4.78, 5) is 10.8. The van der Waals surface area contributed by atoms with E-state index in [9.17, 15) is 9.18 Å². The zero-order chi connectivity index (χ0) is 14.0. The molecule has 0 radical (unpaired) electrons. The number of halogens is 3. The highest BCUT2D eigenvalue weighted by Gasteiger charge is 2.11. The van der Waals surface area contributed by atoms with Crippen molar-refractivity contribution < 1.29 is 14.3 Å². The van der Waals surface area contributed by atoms with Crippen molar-refractivity contribution in [2.24, 2.45) is 0 Å². The van der Waals surface area contributed by atoms with Gasteiger partial charge in [-0.1, -0.05) is 29.3 Å². The monoisotopic (exact) mass is 298 g/mol. The smallest absolute Gasteiger partial charge is 0.307 e. The summed E-state index contributed by atoms with van der Waals surface area (Å²) in [5.41, 5.74) is 1.58. The fraction of sp³-hybridized carbons (Fsp3) is 0.0714. The Hall–Kier alpha value is -1.58. The molecule has 0 saturated carbocycles. The third-order valence-electron chi connectivity index (χ3n) is 2.59. The Bertz CT molecular complexity index is 621. The first-order valence-corrected chi connectivity index (χ1v) is 6.18. The highest BCUT2D eigenvalue weighted by molar-refractivity contribution is 6.35. The van der Waals surface area contributed by atoms with Gasteiger partial charge in [-0.2, -0.15) is 0 Å². The van der Waals surface area contributed by atoms with Crippen LogP contribution in [0.4, 0.5) is 4.39 Å². The predicted molar refractivity (Wildman–Crippen MR) is 73.2 cm³/mol. The van der Waals surface area contributed by atoms with Crippen molar-refractivity contribution >= 4 is 29.2 Å². The second-order valence-electron chi connectivity index (χ2n) is 4.03. The van der Waals surface area contributed by atoms with E-state index in [0.29, 0.717) is 26.7 Å². The van der Waals surface area contributed by atoms with Gasteiger partial charge in [0.05, 0.1) is 6.42 Å². The molecule has 0 aliphatic heterocycles. The first-order valence-electron chi connectivity index (χ1n) is 5.42. The van der Waals surface area contributed by atoms with Crippen LogP contribution < -0.4 is 0 Å². The number of carbonyl (C=O) groups is 1. The molecule has 2 aromatic rings. The molecule has 1 N–H and O–H groups in total. The second-order valence-corrected chi connectivity index (χ2v) is 4.90. The number of hydrogen-bond acceptors (Lipinski definition) is 1. The van der Waals surface area contributed by atoms with Crippen molar-refractivity contribution in [3.05, 3.63) is 57.8 Å². The first kappa shape index (κ1) is 13.8. The van der Waals surface area contributed by atoms with Crippen molar-refractivity contribution in [2.45, 2.75) is 6.42 Å². The summed E-state index contributed by atoms with van der Waals surface area (Å²) < 4.78 is 13.4. The molecule has 0 amide bonds. The minimum atomic E-state index is -0.985. The first-order chi connectivity index (χ1) is 8.95. The molecule has 0 aliphatic rings. The van der Waals surface area contributed by atoms with Gasteiger partial charge in [0, 0.05) is 10.0 Å². The number of carboxylic acids is 1. The predicted octanol–water partition coefficient (Wildman–Crippen LogP) is 4.43. The van der Waals surface area contributed by atoms with E-state index in [1.165, 1.54) is 18.2 Å². The Balaban J connectivity index is 2.58. The van der Waals surface area contributed by atoms with Crippen LogP contribution in [0.15, 0.2) is 36.4 Å². The topological polar surface area (TPSA) is 37.3 Å². The quantitative estimate of drug-likeness (QED) is 0.910. The summed E-state index contributed by atoms with van der Waals surface area (Å²) in [5.74, 6) is -1.43. The van der Waals surface area contributed by atoms with Gasteiger partial charge in [-0.25, -0.2) is 4.39 Å². The van der Waals surface area contributed by atoms with Gasteiger partial charge < -0.3 is 5.11 Å². The lowest BCUT2D eigenvalue weighted by Crippen LogP contribution is -2.02. The Kier molecular flexibility index (Phi) is 4.08. The molecule has 0 aromatic heterocycles. The summed E-state index contributed by atoms with van der Waals surface area (Å²) in [6.45, 7) is 0. The SMILES string of the molecule is O=C(O)Cc1ccc(F)cc1-c1cc(Cl)cc(Cl)c1. The average molecular weight is 299 g/mol. The number of rotatable bonds is 3. The Morgan fingerprint density at radius 2 is 1.74 bits per heavy atom. The van der Waals surface area contributed by atoms with E-state index >= 15 is 0 Å². The molecule has 0 unspecified atom stereocenters. The van der Waals surface area contributed by atoms with Gasteiger partial charge in [-0.15, -0.1) is 0 Å². The molecule has 0 spiro atoms. The van der Waals surface area contributed by atoms with E-state index in [1.54, 1.807) is 18.2 Å². The molecule has 0 aliphatic carbocycles. The molecule has 0 heterocycles. The molecule has 0 saturated heterocycles. The zero-order valence-corrected chi connectivity index (χ0v) is 11.2. The molecule has 98 valence electrons. The maximum atomic E-state index is 13.4. The molecule has 2 aromatic carbocycles. The van der Waals surface area contributed by atoms with E-state index in [2.05, 4.69) is 0 Å². The summed E-state index contributed by atoms with van der Waals surface area (Å²) in [6.07, 6.45) is -0.195. The fourth-order valence-electron chi connectivity index (χ4n) is 1.84. The van der Waals surface area contributed by atoms with Crippen LogP contribution in [0.3, 0.4) is 0 Å². The number of aliphatic carboxylic acids is 1. The lowest BCUT2D eigenvalue weighted by Gasteiger charge is -2.09. The number of carboxylic acid groups (broad SMARTS) is 1. The molecular formula is C14H9Cl2FO2.